The highest BCUT2D eigenvalue weighted by Crippen LogP contribution is 2.33. The molecule has 11 heteroatoms. The highest BCUT2D eigenvalue weighted by Gasteiger charge is 2.25. The lowest BCUT2D eigenvalue weighted by molar-refractivity contribution is 0.122. The molecule has 5 rings (SSSR count). The molecule has 0 atom stereocenters. The van der Waals surface area contributed by atoms with E-state index in [1.165, 1.54) is 6.20 Å². The van der Waals surface area contributed by atoms with Gasteiger partial charge in [0.15, 0.2) is 5.75 Å². The second-order valence-corrected chi connectivity index (χ2v) is 9.78. The van der Waals surface area contributed by atoms with E-state index in [0.717, 1.165) is 62.0 Å². The van der Waals surface area contributed by atoms with Gasteiger partial charge in [0, 0.05) is 31.7 Å². The van der Waals surface area contributed by atoms with Crippen LogP contribution in [0.25, 0.3) is 10.9 Å². The normalized spacial score (nSPS) is 20.2. The summed E-state index contributed by atoms with van der Waals surface area (Å²) < 4.78 is 17.6. The lowest BCUT2D eigenvalue weighted by Gasteiger charge is -2.31. The summed E-state index contributed by atoms with van der Waals surface area (Å²) in [5.41, 5.74) is 0.755. The third kappa shape index (κ3) is 6.66. The quantitative estimate of drug-likeness (QED) is 0.443. The number of nitrogens with one attached hydrogen (secondary N) is 1. The van der Waals surface area contributed by atoms with E-state index in [0.29, 0.717) is 37.4 Å². The van der Waals surface area contributed by atoms with Crippen molar-refractivity contribution in [2.75, 3.05) is 63.8 Å². The molecule has 4 heterocycles. The molecule has 198 valence electrons. The Bertz CT molecular complexity index is 1160. The monoisotopic (exact) mass is 509 g/mol. The van der Waals surface area contributed by atoms with E-state index in [4.69, 9.17) is 19.2 Å². The Morgan fingerprint density at radius 2 is 1.81 bits per heavy atom. The van der Waals surface area contributed by atoms with Gasteiger partial charge in [0.25, 0.3) is 0 Å². The molecule has 0 unspecified atom stereocenters. The van der Waals surface area contributed by atoms with Gasteiger partial charge in [-0.05, 0) is 45.8 Å². The molecular formula is C26H35N7O4. The van der Waals surface area contributed by atoms with Crippen LogP contribution in [-0.4, -0.2) is 95.6 Å². The fraction of sp³-hybridized carbons (Fsp3) is 0.538. The van der Waals surface area contributed by atoms with Crippen LogP contribution in [0, 0.1) is 0 Å². The predicted octanol–water partition coefficient (Wildman–Crippen LogP) is 2.70. The number of hydrogen-bond donors (Lipinski definition) is 2. The number of hydrogen-bond acceptors (Lipinski definition) is 11. The van der Waals surface area contributed by atoms with Gasteiger partial charge in [-0.25, -0.2) is 9.97 Å². The molecule has 2 aliphatic rings. The maximum Gasteiger partial charge on any atom is 0.225 e. The van der Waals surface area contributed by atoms with Crippen LogP contribution in [-0.2, 0) is 4.74 Å². The number of aromatic nitrogens is 4. The first kappa shape index (κ1) is 25.2. The number of aromatic hydroxyl groups is 1. The molecule has 0 amide bonds. The topological polar surface area (TPSA) is 118 Å². The van der Waals surface area contributed by atoms with Crippen molar-refractivity contribution in [3.8, 4) is 17.4 Å². The highest BCUT2D eigenvalue weighted by atomic mass is 16.5. The highest BCUT2D eigenvalue weighted by molar-refractivity contribution is 5.86. The first-order chi connectivity index (χ1) is 18.0. The molecule has 0 radical (unpaired) electrons. The van der Waals surface area contributed by atoms with Crippen molar-refractivity contribution in [2.45, 2.75) is 37.8 Å². The fourth-order valence-electron chi connectivity index (χ4n) is 4.59. The standard InChI is InChI=1S/C26H35N7O4/c1-32(2)7-12-36-21-16-28-26(29-17-21)30-18-3-5-20(6-4-18)37-25-22-13-19(34)15-27-23(22)14-24(31-25)33-8-10-35-11-9-33/h13-18,20,34H,3-12H2,1-2H3,(H,28,29,30)/t18-,20+. The number of morpholine rings is 1. The molecule has 1 saturated carbocycles. The Hall–Kier alpha value is -3.44. The molecule has 3 aromatic rings. The third-order valence-corrected chi connectivity index (χ3v) is 6.67. The van der Waals surface area contributed by atoms with Gasteiger partial charge in [-0.15, -0.1) is 0 Å². The summed E-state index contributed by atoms with van der Waals surface area (Å²) in [5.74, 6) is 2.72. The average Bonchev–Trinajstić information content (AvgIpc) is 2.91. The summed E-state index contributed by atoms with van der Waals surface area (Å²) in [5, 5.41) is 14.2. The van der Waals surface area contributed by atoms with E-state index in [-0.39, 0.29) is 17.9 Å². The minimum absolute atomic E-state index is 0.0319. The lowest BCUT2D eigenvalue weighted by atomic mass is 9.93. The summed E-state index contributed by atoms with van der Waals surface area (Å²) >= 11 is 0. The number of likely N-dealkylation sites (N-methyl/N-ethyl adjacent to an activating group) is 1. The molecule has 2 fully saturated rings. The Morgan fingerprint density at radius 1 is 1.05 bits per heavy atom. The molecule has 0 spiro atoms. The maximum absolute atomic E-state index is 10.0. The summed E-state index contributed by atoms with van der Waals surface area (Å²) in [6.07, 6.45) is 8.52. The summed E-state index contributed by atoms with van der Waals surface area (Å²) in [4.78, 5) is 22.3. The van der Waals surface area contributed by atoms with Crippen LogP contribution in [0.5, 0.6) is 17.4 Å². The van der Waals surface area contributed by atoms with Crippen molar-refractivity contribution in [3.63, 3.8) is 0 Å². The van der Waals surface area contributed by atoms with E-state index >= 15 is 0 Å². The van der Waals surface area contributed by atoms with E-state index in [1.807, 2.05) is 20.2 Å². The number of ether oxygens (including phenoxy) is 3. The predicted molar refractivity (Wildman–Crippen MR) is 141 cm³/mol. The van der Waals surface area contributed by atoms with Gasteiger partial charge in [0.05, 0.1) is 42.7 Å². The van der Waals surface area contributed by atoms with E-state index in [1.54, 1.807) is 18.5 Å². The van der Waals surface area contributed by atoms with Crippen LogP contribution in [0.4, 0.5) is 11.8 Å². The number of fused-ring (bicyclic) bond motifs is 1. The van der Waals surface area contributed by atoms with Crippen molar-refractivity contribution in [1.82, 2.24) is 24.8 Å². The van der Waals surface area contributed by atoms with Gasteiger partial charge < -0.3 is 34.4 Å². The van der Waals surface area contributed by atoms with Crippen LogP contribution in [0.1, 0.15) is 25.7 Å². The van der Waals surface area contributed by atoms with Crippen molar-refractivity contribution in [3.05, 3.63) is 30.7 Å². The minimum Gasteiger partial charge on any atom is -0.506 e. The molecule has 37 heavy (non-hydrogen) atoms. The minimum atomic E-state index is 0.0319. The summed E-state index contributed by atoms with van der Waals surface area (Å²) in [7, 11) is 4.02. The zero-order valence-electron chi connectivity index (χ0n) is 21.5. The van der Waals surface area contributed by atoms with Crippen molar-refractivity contribution >= 4 is 22.7 Å². The molecule has 1 aliphatic carbocycles. The van der Waals surface area contributed by atoms with Crippen LogP contribution in [0.2, 0.25) is 0 Å². The van der Waals surface area contributed by atoms with Gasteiger partial charge in [-0.1, -0.05) is 0 Å². The summed E-state index contributed by atoms with van der Waals surface area (Å²) in [6.45, 7) is 4.34. The van der Waals surface area contributed by atoms with E-state index < -0.39 is 0 Å². The van der Waals surface area contributed by atoms with Crippen LogP contribution >= 0.6 is 0 Å². The molecule has 1 saturated heterocycles. The van der Waals surface area contributed by atoms with Gasteiger partial charge in [-0.2, -0.15) is 4.98 Å². The van der Waals surface area contributed by atoms with Gasteiger partial charge in [-0.3, -0.25) is 4.98 Å². The van der Waals surface area contributed by atoms with Gasteiger partial charge >= 0.3 is 0 Å². The van der Waals surface area contributed by atoms with Crippen molar-refractivity contribution < 1.29 is 19.3 Å². The Labute approximate surface area is 216 Å². The van der Waals surface area contributed by atoms with Crippen molar-refractivity contribution in [1.29, 1.82) is 0 Å². The second kappa shape index (κ2) is 11.7. The number of pyridine rings is 2. The first-order valence-corrected chi connectivity index (χ1v) is 12.9. The number of anilines is 2. The molecule has 11 nitrogen and oxygen atoms in total. The van der Waals surface area contributed by atoms with Crippen LogP contribution in [0.15, 0.2) is 30.7 Å². The zero-order valence-corrected chi connectivity index (χ0v) is 21.5. The molecule has 3 aromatic heterocycles. The Kier molecular flexibility index (Phi) is 8.00. The van der Waals surface area contributed by atoms with Crippen LogP contribution in [0.3, 0.4) is 0 Å². The van der Waals surface area contributed by atoms with Gasteiger partial charge in [0.2, 0.25) is 11.8 Å². The molecular weight excluding hydrogens is 474 g/mol. The zero-order chi connectivity index (χ0) is 25.6. The summed E-state index contributed by atoms with van der Waals surface area (Å²) in [6, 6.07) is 3.90. The van der Waals surface area contributed by atoms with E-state index in [2.05, 4.69) is 30.1 Å². The smallest absolute Gasteiger partial charge is 0.225 e. The van der Waals surface area contributed by atoms with Gasteiger partial charge in [0.1, 0.15) is 24.3 Å². The largest absolute Gasteiger partial charge is 0.506 e. The van der Waals surface area contributed by atoms with Crippen molar-refractivity contribution in [2.24, 2.45) is 0 Å². The average molecular weight is 510 g/mol. The molecule has 1 aliphatic heterocycles. The molecule has 0 aromatic carbocycles. The SMILES string of the molecule is CN(C)CCOc1cnc(N[C@H]2CC[C@@H](Oc3nc(N4CCOCC4)cc4ncc(O)cc34)CC2)nc1. The van der Waals surface area contributed by atoms with E-state index in [9.17, 15) is 5.11 Å². The molecule has 0 bridgehead atoms. The number of rotatable bonds is 9. The maximum atomic E-state index is 10.0. The molecule has 2 N–H and O–H groups in total. The lowest BCUT2D eigenvalue weighted by Crippen LogP contribution is -2.37. The van der Waals surface area contributed by atoms with Crippen LogP contribution < -0.4 is 19.7 Å². The fourth-order valence-corrected chi connectivity index (χ4v) is 4.59. The second-order valence-electron chi connectivity index (χ2n) is 9.78. The Balaban J connectivity index is 1.19. The Morgan fingerprint density at radius 3 is 2.54 bits per heavy atom. The third-order valence-electron chi connectivity index (χ3n) is 6.67. The number of nitrogens with zero attached hydrogens (tertiary/aromatic N) is 6. The first-order valence-electron chi connectivity index (χ1n) is 12.9.